The molecule has 0 bridgehead atoms. The molecule has 0 aliphatic heterocycles. The average molecular weight is 215 g/mol. The van der Waals surface area contributed by atoms with E-state index in [4.69, 9.17) is 11.0 Å². The molecule has 74 valence electrons. The van der Waals surface area contributed by atoms with Gasteiger partial charge in [-0.15, -0.1) is 12.4 Å². The molecule has 3 nitrogen and oxygen atoms in total. The minimum absolute atomic E-state index is 0. The van der Waals surface area contributed by atoms with Crippen molar-refractivity contribution in [2.24, 2.45) is 5.73 Å². The molecule has 0 aliphatic carbocycles. The second kappa shape index (κ2) is 5.32. The van der Waals surface area contributed by atoms with Crippen LogP contribution in [-0.2, 0) is 0 Å². The first-order valence-electron chi connectivity index (χ1n) is 3.61. The third-order valence-corrected chi connectivity index (χ3v) is 1.53. The second-order valence-electron chi connectivity index (χ2n) is 2.47. The van der Waals surface area contributed by atoms with Crippen LogP contribution in [-0.4, -0.2) is 12.3 Å². The molecule has 0 saturated carbocycles. The van der Waals surface area contributed by atoms with Gasteiger partial charge in [0.05, 0.1) is 18.2 Å². The average Bonchev–Trinajstić information content (AvgIpc) is 2.15. The van der Waals surface area contributed by atoms with Gasteiger partial charge < -0.3 is 5.73 Å². The first-order chi connectivity index (χ1) is 6.17. The molecule has 0 radical (unpaired) electrons. The predicted octanol–water partition coefficient (Wildman–Crippen LogP) is 1.26. The highest BCUT2D eigenvalue weighted by Crippen LogP contribution is 2.08. The normalized spacial score (nSPS) is 8.64. The zero-order valence-electron chi connectivity index (χ0n) is 7.16. The largest absolute Gasteiger partial charge is 0.324 e. The van der Waals surface area contributed by atoms with Crippen molar-refractivity contribution >= 4 is 18.2 Å². The Labute approximate surface area is 86.7 Å². The molecule has 1 aromatic carbocycles. The molecule has 0 atom stereocenters. The molecule has 5 heteroatoms. The van der Waals surface area contributed by atoms with Crippen molar-refractivity contribution in [2.45, 2.75) is 0 Å². The van der Waals surface area contributed by atoms with Crippen LogP contribution in [0.5, 0.6) is 0 Å². The molecule has 0 aliphatic rings. The Morgan fingerprint density at radius 2 is 2.14 bits per heavy atom. The molecule has 0 spiro atoms. The Bertz CT molecular complexity index is 387. The fourth-order valence-corrected chi connectivity index (χ4v) is 0.933. The van der Waals surface area contributed by atoms with E-state index in [9.17, 15) is 9.18 Å². The van der Waals surface area contributed by atoms with E-state index in [1.807, 2.05) is 0 Å². The molecular weight excluding hydrogens is 207 g/mol. The van der Waals surface area contributed by atoms with Crippen LogP contribution in [0.1, 0.15) is 15.9 Å². The Balaban J connectivity index is 0.00000169. The fourth-order valence-electron chi connectivity index (χ4n) is 0.933. The highest BCUT2D eigenvalue weighted by atomic mass is 35.5. The molecule has 0 unspecified atom stereocenters. The van der Waals surface area contributed by atoms with Gasteiger partial charge in [0.25, 0.3) is 0 Å². The lowest BCUT2D eigenvalue weighted by Crippen LogP contribution is -2.13. The second-order valence-corrected chi connectivity index (χ2v) is 2.47. The minimum atomic E-state index is -0.601. The number of halogens is 2. The molecule has 2 N–H and O–H groups in total. The number of nitrogens with zero attached hydrogens (tertiary/aromatic N) is 1. The molecule has 0 fully saturated rings. The van der Waals surface area contributed by atoms with Crippen LogP contribution < -0.4 is 5.73 Å². The number of carbonyl (C=O) groups excluding carboxylic acids is 1. The van der Waals surface area contributed by atoms with E-state index in [-0.39, 0.29) is 35.9 Å². The summed E-state index contributed by atoms with van der Waals surface area (Å²) in [5.41, 5.74) is 5.35. The van der Waals surface area contributed by atoms with Gasteiger partial charge in [-0.2, -0.15) is 5.26 Å². The van der Waals surface area contributed by atoms with Crippen molar-refractivity contribution < 1.29 is 9.18 Å². The Hall–Kier alpha value is -1.44. The number of hydrogen-bond acceptors (Lipinski definition) is 3. The molecule has 0 aromatic heterocycles. The van der Waals surface area contributed by atoms with Gasteiger partial charge in [0.2, 0.25) is 0 Å². The van der Waals surface area contributed by atoms with E-state index in [0.717, 1.165) is 12.1 Å². The molecule has 14 heavy (non-hydrogen) atoms. The summed E-state index contributed by atoms with van der Waals surface area (Å²) in [7, 11) is 0. The van der Waals surface area contributed by atoms with Crippen molar-refractivity contribution in [3.05, 3.63) is 35.1 Å². The first kappa shape index (κ1) is 12.6. The number of carbonyl (C=O) groups is 1. The summed E-state index contributed by atoms with van der Waals surface area (Å²) in [6.07, 6.45) is 0. The van der Waals surface area contributed by atoms with Crippen molar-refractivity contribution in [3.63, 3.8) is 0 Å². The van der Waals surface area contributed by atoms with Crippen molar-refractivity contribution in [1.29, 1.82) is 5.26 Å². The van der Waals surface area contributed by atoms with E-state index in [2.05, 4.69) is 0 Å². The maximum absolute atomic E-state index is 12.8. The monoisotopic (exact) mass is 214 g/mol. The summed E-state index contributed by atoms with van der Waals surface area (Å²) in [4.78, 5) is 11.0. The van der Waals surface area contributed by atoms with Gasteiger partial charge in [-0.25, -0.2) is 4.39 Å². The standard InChI is InChI=1S/C9H7FN2O.ClH/c10-8-2-6(4-11)1-7(3-8)9(13)5-12;/h1-3H,5,12H2;1H. The smallest absolute Gasteiger partial charge is 0.176 e. The van der Waals surface area contributed by atoms with Gasteiger partial charge >= 0.3 is 0 Å². The van der Waals surface area contributed by atoms with Crippen LogP contribution in [0.2, 0.25) is 0 Å². The van der Waals surface area contributed by atoms with Crippen molar-refractivity contribution in [2.75, 3.05) is 6.54 Å². The third kappa shape index (κ3) is 2.80. The topological polar surface area (TPSA) is 66.9 Å². The molecule has 1 aromatic rings. The number of nitrogens with two attached hydrogens (primary N) is 1. The zero-order chi connectivity index (χ0) is 9.84. The molecule has 1 rings (SSSR count). The lowest BCUT2D eigenvalue weighted by molar-refractivity contribution is 0.100. The summed E-state index contributed by atoms with van der Waals surface area (Å²) in [6.45, 7) is -0.186. The van der Waals surface area contributed by atoms with Gasteiger partial charge in [-0.05, 0) is 18.2 Å². The lowest BCUT2D eigenvalue weighted by atomic mass is 10.1. The van der Waals surface area contributed by atoms with Gasteiger partial charge in [-0.1, -0.05) is 0 Å². The van der Waals surface area contributed by atoms with Crippen LogP contribution in [0.25, 0.3) is 0 Å². The number of rotatable bonds is 2. The summed E-state index contributed by atoms with van der Waals surface area (Å²) >= 11 is 0. The molecular formula is C9H8ClFN2O. The number of hydrogen-bond donors (Lipinski definition) is 1. The summed E-state index contributed by atoms with van der Waals surface area (Å²) < 4.78 is 12.8. The number of nitriles is 1. The minimum Gasteiger partial charge on any atom is -0.324 e. The zero-order valence-corrected chi connectivity index (χ0v) is 7.97. The van der Waals surface area contributed by atoms with Gasteiger partial charge in [0.15, 0.2) is 5.78 Å². The van der Waals surface area contributed by atoms with Crippen LogP contribution in [0, 0.1) is 17.1 Å². The Morgan fingerprint density at radius 3 is 2.64 bits per heavy atom. The quantitative estimate of drug-likeness (QED) is 0.754. The van der Waals surface area contributed by atoms with Crippen LogP contribution in [0.15, 0.2) is 18.2 Å². The van der Waals surface area contributed by atoms with E-state index < -0.39 is 5.82 Å². The highest BCUT2D eigenvalue weighted by Gasteiger charge is 2.06. The number of benzene rings is 1. The van der Waals surface area contributed by atoms with Crippen molar-refractivity contribution in [3.8, 4) is 6.07 Å². The van der Waals surface area contributed by atoms with E-state index >= 15 is 0 Å². The molecule has 0 heterocycles. The Kier molecular flexibility index (Phi) is 4.78. The maximum Gasteiger partial charge on any atom is 0.176 e. The summed E-state index contributed by atoms with van der Waals surface area (Å²) in [5, 5.41) is 8.48. The van der Waals surface area contributed by atoms with Crippen LogP contribution in [0.4, 0.5) is 4.39 Å². The molecule has 0 saturated heterocycles. The maximum atomic E-state index is 12.8. The van der Waals surface area contributed by atoms with Crippen molar-refractivity contribution in [1.82, 2.24) is 0 Å². The van der Waals surface area contributed by atoms with E-state index in [1.165, 1.54) is 6.07 Å². The first-order valence-corrected chi connectivity index (χ1v) is 3.61. The SMILES string of the molecule is Cl.N#Cc1cc(F)cc(C(=O)CN)c1. The highest BCUT2D eigenvalue weighted by molar-refractivity contribution is 5.97. The molecule has 0 amide bonds. The fraction of sp³-hybridized carbons (Fsp3) is 0.111. The predicted molar refractivity (Wildman–Crippen MR) is 51.7 cm³/mol. The summed E-state index contributed by atoms with van der Waals surface area (Å²) in [5.74, 6) is -0.980. The summed E-state index contributed by atoms with van der Waals surface area (Å²) in [6, 6.07) is 5.20. The number of Topliss-reactive ketones (excluding diaryl/α,β-unsaturated/α-hetero) is 1. The van der Waals surface area contributed by atoms with Gasteiger partial charge in [0, 0.05) is 5.56 Å². The van der Waals surface area contributed by atoms with E-state index in [0.29, 0.717) is 0 Å². The van der Waals surface area contributed by atoms with Crippen LogP contribution in [0.3, 0.4) is 0 Å². The third-order valence-electron chi connectivity index (χ3n) is 1.53. The lowest BCUT2D eigenvalue weighted by Gasteiger charge is -1.98. The van der Waals surface area contributed by atoms with Crippen LogP contribution >= 0.6 is 12.4 Å². The van der Waals surface area contributed by atoms with Gasteiger partial charge in [0.1, 0.15) is 5.82 Å². The number of ketones is 1. The van der Waals surface area contributed by atoms with Gasteiger partial charge in [-0.3, -0.25) is 4.79 Å². The Morgan fingerprint density at radius 1 is 1.50 bits per heavy atom. The van der Waals surface area contributed by atoms with E-state index in [1.54, 1.807) is 6.07 Å².